The molecule has 0 heterocycles. The molecule has 2 rings (SSSR count). The second-order valence-electron chi connectivity index (χ2n) is 14.1. The molecule has 0 bridgehead atoms. The molecule has 0 aromatic heterocycles. The Hall–Kier alpha value is -2.26. The van der Waals surface area contributed by atoms with E-state index in [9.17, 15) is 0 Å². The first-order valence-corrected chi connectivity index (χ1v) is 16.0. The van der Waals surface area contributed by atoms with Crippen molar-refractivity contribution in [2.45, 2.75) is 140 Å². The van der Waals surface area contributed by atoms with E-state index in [-0.39, 0.29) is 5.92 Å². The summed E-state index contributed by atoms with van der Waals surface area (Å²) in [7, 11) is 0. The third kappa shape index (κ3) is 11.7. The summed E-state index contributed by atoms with van der Waals surface area (Å²) in [4.78, 5) is 0. The van der Waals surface area contributed by atoms with Crippen LogP contribution in [0.4, 0.5) is 0 Å². The molecule has 2 aliphatic rings. The fourth-order valence-corrected chi connectivity index (χ4v) is 6.43. The van der Waals surface area contributed by atoms with E-state index in [0.717, 1.165) is 19.3 Å². The molecule has 0 N–H and O–H groups in total. The minimum Gasteiger partial charge on any atom is -0.0983 e. The molecule has 1 atom stereocenters. The van der Waals surface area contributed by atoms with Gasteiger partial charge in [0.1, 0.15) is 0 Å². The zero-order chi connectivity index (χ0) is 29.8. The molecule has 0 nitrogen and oxygen atoms in total. The molecule has 0 amide bonds. The molecule has 2 aliphatic carbocycles. The van der Waals surface area contributed by atoms with Gasteiger partial charge < -0.3 is 0 Å². The predicted octanol–water partition coefficient (Wildman–Crippen LogP) is 12.6. The van der Waals surface area contributed by atoms with Crippen molar-refractivity contribution in [3.8, 4) is 11.8 Å². The largest absolute Gasteiger partial charge is 0.0983 e. The SMILES string of the molecule is CC1=C(/C=C/C(C)C#CC\C(C)=C/C=C/C=C(\C)CC/C=C(\C)CCC2=C(C)CCCC2(C)C)C(C)(C)CCC1. The first-order chi connectivity index (χ1) is 18.8. The second-order valence-corrected chi connectivity index (χ2v) is 14.1. The minimum atomic E-state index is 0.282. The van der Waals surface area contributed by atoms with Gasteiger partial charge in [-0.1, -0.05) is 116 Å². The lowest BCUT2D eigenvalue weighted by molar-refractivity contribution is 0.354. The standard InChI is InChI=1S/C40H60/c1-31(19-13-21-33(3)25-27-37-35(5)23-15-29-39(37,7)8)17-11-12-18-32(2)20-14-22-34(4)26-28-38-36(6)24-16-30-40(38,9)10/h11-12,17-18,21,26,28,34H,13,15-16,19-20,23-25,27,29-30H2,1-10H3/b12-11+,28-26+,31-17+,32-18-,33-21+. The highest BCUT2D eigenvalue weighted by Gasteiger charge is 2.28. The van der Waals surface area contributed by atoms with Gasteiger partial charge in [0.15, 0.2) is 0 Å². The van der Waals surface area contributed by atoms with Crippen molar-refractivity contribution in [2.75, 3.05) is 0 Å². The summed E-state index contributed by atoms with van der Waals surface area (Å²) in [6.07, 6.45) is 29.3. The predicted molar refractivity (Wildman–Crippen MR) is 180 cm³/mol. The smallest absolute Gasteiger partial charge is 0.0357 e. The molecule has 0 saturated heterocycles. The number of rotatable bonds is 11. The van der Waals surface area contributed by atoms with Crippen molar-refractivity contribution < 1.29 is 0 Å². The summed E-state index contributed by atoms with van der Waals surface area (Å²) < 4.78 is 0. The van der Waals surface area contributed by atoms with Gasteiger partial charge in [-0.3, -0.25) is 0 Å². The van der Waals surface area contributed by atoms with Gasteiger partial charge in [-0.15, -0.1) is 0 Å². The summed E-state index contributed by atoms with van der Waals surface area (Å²) in [5.41, 5.74) is 11.4. The minimum absolute atomic E-state index is 0.282. The highest BCUT2D eigenvalue weighted by atomic mass is 14.3. The van der Waals surface area contributed by atoms with Crippen molar-refractivity contribution in [3.05, 3.63) is 81.5 Å². The van der Waals surface area contributed by atoms with Gasteiger partial charge in [0.2, 0.25) is 0 Å². The van der Waals surface area contributed by atoms with Crippen LogP contribution in [0, 0.1) is 28.6 Å². The summed E-state index contributed by atoms with van der Waals surface area (Å²) in [6, 6.07) is 0. The topological polar surface area (TPSA) is 0 Å². The molecule has 0 saturated carbocycles. The zero-order valence-corrected chi connectivity index (χ0v) is 27.9. The fourth-order valence-electron chi connectivity index (χ4n) is 6.43. The first-order valence-electron chi connectivity index (χ1n) is 16.0. The second kappa shape index (κ2) is 16.2. The Morgan fingerprint density at radius 2 is 1.45 bits per heavy atom. The van der Waals surface area contributed by atoms with Crippen molar-refractivity contribution >= 4 is 0 Å². The normalized spacial score (nSPS) is 21.3. The average Bonchev–Trinajstić information content (AvgIpc) is 2.85. The Kier molecular flexibility index (Phi) is 13.8. The van der Waals surface area contributed by atoms with Crippen LogP contribution in [0.3, 0.4) is 0 Å². The van der Waals surface area contributed by atoms with Gasteiger partial charge >= 0.3 is 0 Å². The molecular formula is C40H60. The van der Waals surface area contributed by atoms with E-state index in [4.69, 9.17) is 0 Å². The molecular weight excluding hydrogens is 480 g/mol. The molecule has 40 heavy (non-hydrogen) atoms. The van der Waals surface area contributed by atoms with Crippen molar-refractivity contribution in [2.24, 2.45) is 16.7 Å². The lowest BCUT2D eigenvalue weighted by atomic mass is 9.71. The number of hydrogen-bond donors (Lipinski definition) is 0. The van der Waals surface area contributed by atoms with Gasteiger partial charge in [-0.25, -0.2) is 0 Å². The van der Waals surface area contributed by atoms with E-state index in [2.05, 4.69) is 124 Å². The van der Waals surface area contributed by atoms with Crippen LogP contribution in [0.25, 0.3) is 0 Å². The highest BCUT2D eigenvalue weighted by Crippen LogP contribution is 2.43. The van der Waals surface area contributed by atoms with Crippen LogP contribution in [0.5, 0.6) is 0 Å². The number of hydrogen-bond acceptors (Lipinski definition) is 0. The van der Waals surface area contributed by atoms with Gasteiger partial charge in [0.25, 0.3) is 0 Å². The zero-order valence-electron chi connectivity index (χ0n) is 27.9. The molecule has 0 spiro atoms. The molecule has 0 fully saturated rings. The van der Waals surface area contributed by atoms with E-state index in [0.29, 0.717) is 10.8 Å². The number of allylic oxidation sites excluding steroid dienone is 14. The fraction of sp³-hybridized carbons (Fsp3) is 0.600. The monoisotopic (exact) mass is 540 g/mol. The van der Waals surface area contributed by atoms with Gasteiger partial charge in [0, 0.05) is 12.3 Å². The summed E-state index contributed by atoms with van der Waals surface area (Å²) in [6.45, 7) is 23.2. The average molecular weight is 541 g/mol. The van der Waals surface area contributed by atoms with Crippen LogP contribution in [-0.2, 0) is 0 Å². The maximum absolute atomic E-state index is 3.43. The molecule has 0 radical (unpaired) electrons. The first kappa shape index (κ1) is 33.9. The molecule has 0 heteroatoms. The molecule has 1 unspecified atom stereocenters. The van der Waals surface area contributed by atoms with Crippen molar-refractivity contribution in [1.29, 1.82) is 0 Å². The van der Waals surface area contributed by atoms with Crippen LogP contribution < -0.4 is 0 Å². The van der Waals surface area contributed by atoms with Crippen LogP contribution in [0.15, 0.2) is 81.5 Å². The van der Waals surface area contributed by atoms with Crippen LogP contribution in [0.2, 0.25) is 0 Å². The summed E-state index contributed by atoms with van der Waals surface area (Å²) >= 11 is 0. The molecule has 0 aromatic carbocycles. The van der Waals surface area contributed by atoms with Crippen molar-refractivity contribution in [3.63, 3.8) is 0 Å². The van der Waals surface area contributed by atoms with E-state index in [1.54, 1.807) is 22.3 Å². The maximum atomic E-state index is 3.43. The lowest BCUT2D eigenvalue weighted by Gasteiger charge is -2.35. The highest BCUT2D eigenvalue weighted by molar-refractivity contribution is 5.34. The lowest BCUT2D eigenvalue weighted by Crippen LogP contribution is -2.20. The summed E-state index contributed by atoms with van der Waals surface area (Å²) in [5.74, 6) is 7.09. The Labute approximate surface area is 249 Å². The van der Waals surface area contributed by atoms with E-state index in [1.165, 1.54) is 68.1 Å². The Morgan fingerprint density at radius 1 is 0.825 bits per heavy atom. The van der Waals surface area contributed by atoms with Gasteiger partial charge in [0.05, 0.1) is 0 Å². The third-order valence-corrected chi connectivity index (χ3v) is 9.15. The Bertz CT molecular complexity index is 1120. The summed E-state index contributed by atoms with van der Waals surface area (Å²) in [5, 5.41) is 0. The molecule has 0 aliphatic heterocycles. The Balaban J connectivity index is 1.75. The van der Waals surface area contributed by atoms with E-state index in [1.807, 2.05) is 0 Å². The van der Waals surface area contributed by atoms with E-state index < -0.39 is 0 Å². The third-order valence-electron chi connectivity index (χ3n) is 9.15. The van der Waals surface area contributed by atoms with Gasteiger partial charge in [-0.05, 0) is 122 Å². The van der Waals surface area contributed by atoms with Crippen molar-refractivity contribution in [1.82, 2.24) is 0 Å². The van der Waals surface area contributed by atoms with Crippen LogP contribution >= 0.6 is 0 Å². The molecule has 220 valence electrons. The Morgan fingerprint density at radius 3 is 2.10 bits per heavy atom. The quantitative estimate of drug-likeness (QED) is 0.139. The maximum Gasteiger partial charge on any atom is 0.0357 e. The van der Waals surface area contributed by atoms with Crippen LogP contribution in [0.1, 0.15) is 140 Å². The van der Waals surface area contributed by atoms with Crippen LogP contribution in [-0.4, -0.2) is 0 Å². The van der Waals surface area contributed by atoms with E-state index >= 15 is 0 Å². The molecule has 0 aromatic rings. The van der Waals surface area contributed by atoms with Gasteiger partial charge in [-0.2, -0.15) is 0 Å².